The molecule has 0 spiro atoms. The average molecular weight is 312 g/mol. The molecule has 1 aromatic carbocycles. The van der Waals surface area contributed by atoms with Gasteiger partial charge in [-0.05, 0) is 42.3 Å². The van der Waals surface area contributed by atoms with E-state index in [-0.39, 0.29) is 23.4 Å². The number of hydrogen-bond acceptors (Lipinski definition) is 3. The summed E-state index contributed by atoms with van der Waals surface area (Å²) >= 11 is 5.81. The summed E-state index contributed by atoms with van der Waals surface area (Å²) in [6.45, 7) is 2.58. The van der Waals surface area contributed by atoms with Crippen LogP contribution in [0.3, 0.4) is 0 Å². The lowest BCUT2D eigenvalue weighted by atomic mass is 10.2. The number of benzene rings is 1. The molecule has 1 heterocycles. The first-order chi connectivity index (χ1) is 10.1. The lowest BCUT2D eigenvalue weighted by Gasteiger charge is -2.20. The molecule has 1 amide bonds. The summed E-state index contributed by atoms with van der Waals surface area (Å²) < 4.78 is 23.5. The predicted molar refractivity (Wildman–Crippen MR) is 77.1 cm³/mol. The molecule has 112 valence electrons. The minimum atomic E-state index is -0.458. The second kappa shape index (κ2) is 6.63. The van der Waals surface area contributed by atoms with Gasteiger partial charge in [0.15, 0.2) is 11.6 Å². The number of methoxy groups -OCH3 is 1. The summed E-state index contributed by atoms with van der Waals surface area (Å²) in [6.07, 6.45) is 1.36. The normalized spacial score (nSPS) is 10.5. The van der Waals surface area contributed by atoms with E-state index in [1.807, 2.05) is 6.92 Å². The topological polar surface area (TPSA) is 42.7 Å². The van der Waals surface area contributed by atoms with Gasteiger partial charge in [0.25, 0.3) is 5.91 Å². The molecular formula is C15H15ClFNO3. The van der Waals surface area contributed by atoms with E-state index in [1.54, 1.807) is 11.0 Å². The minimum Gasteiger partial charge on any atom is -0.494 e. The van der Waals surface area contributed by atoms with Crippen molar-refractivity contribution in [1.29, 1.82) is 0 Å². The van der Waals surface area contributed by atoms with Gasteiger partial charge in [-0.1, -0.05) is 6.07 Å². The number of rotatable bonds is 5. The van der Waals surface area contributed by atoms with Crippen molar-refractivity contribution in [2.75, 3.05) is 13.7 Å². The Labute approximate surface area is 127 Å². The number of carbonyl (C=O) groups excluding carboxylic acids is 1. The summed E-state index contributed by atoms with van der Waals surface area (Å²) in [5.74, 6) is -0.543. The SMILES string of the molecule is CCN(Cc1ccc(OC)c(F)c1)C(=O)c1ccoc1Cl. The van der Waals surface area contributed by atoms with Crippen LogP contribution in [0.25, 0.3) is 0 Å². The molecule has 1 aromatic heterocycles. The summed E-state index contributed by atoms with van der Waals surface area (Å²) in [4.78, 5) is 13.9. The lowest BCUT2D eigenvalue weighted by Crippen LogP contribution is -2.30. The predicted octanol–water partition coefficient (Wildman–Crippen LogP) is 3.74. The van der Waals surface area contributed by atoms with Crippen molar-refractivity contribution < 1.29 is 18.3 Å². The molecular weight excluding hydrogens is 297 g/mol. The maximum atomic E-state index is 13.7. The molecule has 0 bridgehead atoms. The van der Waals surface area contributed by atoms with E-state index in [9.17, 15) is 9.18 Å². The van der Waals surface area contributed by atoms with Crippen LogP contribution in [0.2, 0.25) is 5.22 Å². The average Bonchev–Trinajstić information content (AvgIpc) is 2.90. The fraction of sp³-hybridized carbons (Fsp3) is 0.267. The number of furan rings is 1. The Hall–Kier alpha value is -2.01. The summed E-state index contributed by atoms with van der Waals surface area (Å²) in [7, 11) is 1.40. The maximum Gasteiger partial charge on any atom is 0.259 e. The van der Waals surface area contributed by atoms with Crippen LogP contribution in [0.4, 0.5) is 4.39 Å². The molecule has 4 nitrogen and oxygen atoms in total. The molecule has 0 aliphatic rings. The van der Waals surface area contributed by atoms with Crippen molar-refractivity contribution in [2.45, 2.75) is 13.5 Å². The van der Waals surface area contributed by atoms with Crippen molar-refractivity contribution in [3.63, 3.8) is 0 Å². The van der Waals surface area contributed by atoms with Gasteiger partial charge < -0.3 is 14.1 Å². The zero-order chi connectivity index (χ0) is 15.4. The summed E-state index contributed by atoms with van der Waals surface area (Å²) in [6, 6.07) is 6.12. The van der Waals surface area contributed by atoms with Gasteiger partial charge in [-0.15, -0.1) is 0 Å². The third-order valence-corrected chi connectivity index (χ3v) is 3.40. The Morgan fingerprint density at radius 2 is 2.19 bits per heavy atom. The highest BCUT2D eigenvalue weighted by Crippen LogP contribution is 2.22. The smallest absolute Gasteiger partial charge is 0.259 e. The van der Waals surface area contributed by atoms with Crippen LogP contribution in [-0.2, 0) is 6.54 Å². The zero-order valence-corrected chi connectivity index (χ0v) is 12.5. The maximum absolute atomic E-state index is 13.7. The largest absolute Gasteiger partial charge is 0.494 e. The van der Waals surface area contributed by atoms with Gasteiger partial charge in [0, 0.05) is 13.1 Å². The Balaban J connectivity index is 2.18. The molecule has 0 saturated carbocycles. The third-order valence-electron chi connectivity index (χ3n) is 3.11. The van der Waals surface area contributed by atoms with Gasteiger partial charge in [0.1, 0.15) is 0 Å². The number of ether oxygens (including phenoxy) is 1. The Morgan fingerprint density at radius 1 is 1.43 bits per heavy atom. The molecule has 0 saturated heterocycles. The molecule has 2 aromatic rings. The van der Waals surface area contributed by atoms with E-state index in [0.29, 0.717) is 17.7 Å². The minimum absolute atomic E-state index is 0.0550. The number of halogens is 2. The molecule has 0 aliphatic carbocycles. The highest BCUT2D eigenvalue weighted by atomic mass is 35.5. The number of hydrogen-bond donors (Lipinski definition) is 0. The molecule has 6 heteroatoms. The van der Waals surface area contributed by atoms with Crippen LogP contribution in [0.1, 0.15) is 22.8 Å². The van der Waals surface area contributed by atoms with Gasteiger partial charge in [0.2, 0.25) is 5.22 Å². The molecule has 0 radical (unpaired) electrons. The fourth-order valence-electron chi connectivity index (χ4n) is 1.97. The summed E-state index contributed by atoms with van der Waals surface area (Å²) in [5.41, 5.74) is 0.968. The molecule has 0 atom stereocenters. The quantitative estimate of drug-likeness (QED) is 0.844. The highest BCUT2D eigenvalue weighted by molar-refractivity contribution is 6.32. The lowest BCUT2D eigenvalue weighted by molar-refractivity contribution is 0.0752. The van der Waals surface area contributed by atoms with Crippen LogP contribution in [-0.4, -0.2) is 24.5 Å². The first kappa shape index (κ1) is 15.4. The van der Waals surface area contributed by atoms with Crippen LogP contribution in [0.5, 0.6) is 5.75 Å². The van der Waals surface area contributed by atoms with Gasteiger partial charge in [-0.25, -0.2) is 4.39 Å². The van der Waals surface area contributed by atoms with E-state index < -0.39 is 5.82 Å². The van der Waals surface area contributed by atoms with Crippen molar-refractivity contribution in [3.05, 3.63) is 52.7 Å². The van der Waals surface area contributed by atoms with E-state index in [2.05, 4.69) is 0 Å². The van der Waals surface area contributed by atoms with Crippen LogP contribution in [0.15, 0.2) is 34.9 Å². The first-order valence-electron chi connectivity index (χ1n) is 6.41. The van der Waals surface area contributed by atoms with E-state index in [4.69, 9.17) is 20.8 Å². The van der Waals surface area contributed by atoms with Gasteiger partial charge >= 0.3 is 0 Å². The summed E-state index contributed by atoms with van der Waals surface area (Å²) in [5, 5.41) is 0.0550. The van der Waals surface area contributed by atoms with Crippen LogP contribution < -0.4 is 4.74 Å². The van der Waals surface area contributed by atoms with Gasteiger partial charge in [-0.2, -0.15) is 0 Å². The molecule has 2 rings (SSSR count). The van der Waals surface area contributed by atoms with Crippen LogP contribution >= 0.6 is 11.6 Å². The molecule has 21 heavy (non-hydrogen) atoms. The van der Waals surface area contributed by atoms with E-state index >= 15 is 0 Å². The monoisotopic (exact) mass is 311 g/mol. The van der Waals surface area contributed by atoms with Crippen molar-refractivity contribution in [3.8, 4) is 5.75 Å². The third kappa shape index (κ3) is 3.36. The van der Waals surface area contributed by atoms with E-state index in [1.165, 1.54) is 31.6 Å². The standard InChI is InChI=1S/C15H15ClFNO3/c1-3-18(15(19)11-6-7-21-14(11)16)9-10-4-5-13(20-2)12(17)8-10/h4-8H,3,9H2,1-2H3. The Bertz CT molecular complexity index is 642. The first-order valence-corrected chi connectivity index (χ1v) is 6.79. The molecule has 0 aliphatic heterocycles. The van der Waals surface area contributed by atoms with Crippen molar-refractivity contribution in [2.24, 2.45) is 0 Å². The number of carbonyl (C=O) groups is 1. The fourth-order valence-corrected chi connectivity index (χ4v) is 2.17. The Morgan fingerprint density at radius 3 is 2.71 bits per heavy atom. The number of nitrogens with zero attached hydrogens (tertiary/aromatic N) is 1. The highest BCUT2D eigenvalue weighted by Gasteiger charge is 2.19. The second-order valence-corrected chi connectivity index (χ2v) is 4.74. The zero-order valence-electron chi connectivity index (χ0n) is 11.7. The van der Waals surface area contributed by atoms with E-state index in [0.717, 1.165) is 0 Å². The number of amides is 1. The van der Waals surface area contributed by atoms with Crippen molar-refractivity contribution in [1.82, 2.24) is 4.90 Å². The van der Waals surface area contributed by atoms with Gasteiger partial charge in [0.05, 0.1) is 18.9 Å². The van der Waals surface area contributed by atoms with Gasteiger partial charge in [-0.3, -0.25) is 4.79 Å². The second-order valence-electron chi connectivity index (χ2n) is 4.40. The molecule has 0 fully saturated rings. The molecule has 0 N–H and O–H groups in total. The molecule has 0 unspecified atom stereocenters. The van der Waals surface area contributed by atoms with Crippen molar-refractivity contribution >= 4 is 17.5 Å². The van der Waals surface area contributed by atoms with Crippen LogP contribution in [0, 0.1) is 5.82 Å². The Kier molecular flexibility index (Phi) is 4.85.